The molecule has 3 rings (SSSR count). The van der Waals surface area contributed by atoms with Gasteiger partial charge in [-0.2, -0.15) is 4.20 Å². The number of aromatic nitrogens is 1. The number of hydrogen-bond acceptors (Lipinski definition) is 5. The van der Waals surface area contributed by atoms with Gasteiger partial charge in [0.2, 0.25) is 9.12 Å². The molecule has 1 aromatic carbocycles. The Bertz CT molecular complexity index is 723. The molecule has 0 aliphatic carbocycles. The van der Waals surface area contributed by atoms with Crippen molar-refractivity contribution in [3.05, 3.63) is 35.0 Å². The van der Waals surface area contributed by atoms with Crippen molar-refractivity contribution in [2.24, 2.45) is 4.99 Å². The van der Waals surface area contributed by atoms with Gasteiger partial charge in [0, 0.05) is 28.7 Å². The molecule has 0 radical (unpaired) electrons. The number of rotatable bonds is 6. The summed E-state index contributed by atoms with van der Waals surface area (Å²) in [5.74, 6) is 1.07. The van der Waals surface area contributed by atoms with Gasteiger partial charge in [0.15, 0.2) is 0 Å². The van der Waals surface area contributed by atoms with E-state index in [1.165, 1.54) is 16.5 Å². The van der Waals surface area contributed by atoms with Gasteiger partial charge in [-0.25, -0.2) is 0 Å². The number of amidine groups is 1. The molecule has 1 unspecified atom stereocenters. The van der Waals surface area contributed by atoms with Gasteiger partial charge in [-0.05, 0) is 37.1 Å². The number of carbonyl (C=O) groups is 2. The molecule has 1 atom stereocenters. The van der Waals surface area contributed by atoms with Crippen molar-refractivity contribution in [2.45, 2.75) is 47.1 Å². The largest absolute Gasteiger partial charge is 0.370 e. The van der Waals surface area contributed by atoms with E-state index < -0.39 is 9.12 Å². The molecule has 30 heavy (non-hydrogen) atoms. The van der Waals surface area contributed by atoms with Crippen LogP contribution in [0.25, 0.3) is 10.9 Å². The maximum absolute atomic E-state index is 11.1. The van der Waals surface area contributed by atoms with Gasteiger partial charge in [0.1, 0.15) is 19.4 Å². The summed E-state index contributed by atoms with van der Waals surface area (Å²) in [6.45, 7) is 15.4. The normalized spacial score (nSPS) is 11.6. The van der Waals surface area contributed by atoms with Crippen LogP contribution in [-0.2, 0) is 20.7 Å². The van der Waals surface area contributed by atoms with Gasteiger partial charge in [0.05, 0.1) is 19.7 Å². The lowest BCUT2D eigenvalue weighted by molar-refractivity contribution is -0.0987. The highest BCUT2D eigenvalue weighted by molar-refractivity contribution is 7.25. The minimum atomic E-state index is -0.832. The van der Waals surface area contributed by atoms with Crippen molar-refractivity contribution < 1.29 is 18.3 Å². The van der Waals surface area contributed by atoms with E-state index in [2.05, 4.69) is 38.6 Å². The van der Waals surface area contributed by atoms with Crippen molar-refractivity contribution in [2.75, 3.05) is 19.7 Å². The highest BCUT2D eigenvalue weighted by Crippen LogP contribution is 2.24. The Labute approximate surface area is 186 Å². The molecular formula is C21H34ClFN3O3P. The fourth-order valence-corrected chi connectivity index (χ4v) is 2.94. The third-order valence-corrected chi connectivity index (χ3v) is 4.31. The van der Waals surface area contributed by atoms with Crippen LogP contribution in [0.3, 0.4) is 0 Å². The van der Waals surface area contributed by atoms with Crippen LogP contribution in [0.15, 0.2) is 29.4 Å². The molecule has 1 aliphatic heterocycles. The summed E-state index contributed by atoms with van der Waals surface area (Å²) in [6, 6.07) is 6.02. The summed E-state index contributed by atoms with van der Waals surface area (Å²) < 4.78 is 17.8. The van der Waals surface area contributed by atoms with E-state index in [4.69, 9.17) is 21.2 Å². The lowest BCUT2D eigenvalue weighted by atomic mass is 10.2. The number of hydrogen-bond donors (Lipinski definition) is 1. The second kappa shape index (κ2) is 20.5. The average molecular weight is 462 g/mol. The van der Waals surface area contributed by atoms with Crippen molar-refractivity contribution in [1.29, 1.82) is 0 Å². The summed E-state index contributed by atoms with van der Waals surface area (Å²) in [5, 5.41) is 5.30. The van der Waals surface area contributed by atoms with E-state index in [9.17, 15) is 4.20 Å². The Balaban J connectivity index is 0. The Morgan fingerprint density at radius 1 is 1.30 bits per heavy atom. The fourth-order valence-electron chi connectivity index (χ4n) is 2.55. The zero-order valence-electron chi connectivity index (χ0n) is 18.3. The van der Waals surface area contributed by atoms with E-state index in [0.29, 0.717) is 6.61 Å². The van der Waals surface area contributed by atoms with Crippen molar-refractivity contribution in [1.82, 2.24) is 9.88 Å². The molecule has 2 aromatic rings. The molecule has 1 aromatic heterocycles. The van der Waals surface area contributed by atoms with Crippen LogP contribution in [0.4, 0.5) is 4.20 Å². The minimum Gasteiger partial charge on any atom is -0.370 e. The molecule has 0 saturated heterocycles. The minimum absolute atomic E-state index is 0.575. The first-order chi connectivity index (χ1) is 14.7. The summed E-state index contributed by atoms with van der Waals surface area (Å²) >= 11 is 6.02. The van der Waals surface area contributed by atoms with Crippen molar-refractivity contribution >= 4 is 51.0 Å². The van der Waals surface area contributed by atoms with Crippen LogP contribution in [0.2, 0.25) is 5.02 Å². The lowest BCUT2D eigenvalue weighted by Crippen LogP contribution is -2.23. The second-order valence-corrected chi connectivity index (χ2v) is 6.52. The smallest absolute Gasteiger partial charge is 0.205 e. The Kier molecular flexibility index (Phi) is 20.7. The number of nitrogens with one attached hydrogen (secondary N) is 1. The summed E-state index contributed by atoms with van der Waals surface area (Å²) in [4.78, 5) is 20.4. The van der Waals surface area contributed by atoms with Crippen LogP contribution in [-0.4, -0.2) is 43.7 Å². The Hall–Kier alpha value is -1.82. The third-order valence-electron chi connectivity index (χ3n) is 3.76. The molecule has 1 aliphatic rings. The maximum atomic E-state index is 11.1. The molecule has 9 heteroatoms. The first kappa shape index (κ1) is 30.4. The number of aliphatic imine (C=N–C) groups is 1. The van der Waals surface area contributed by atoms with E-state index in [1.807, 2.05) is 46.5 Å². The molecule has 1 N–H and O–H groups in total. The Morgan fingerprint density at radius 2 is 1.97 bits per heavy atom. The zero-order valence-corrected chi connectivity index (χ0v) is 20.1. The van der Waals surface area contributed by atoms with Crippen LogP contribution < -0.4 is 5.32 Å². The summed E-state index contributed by atoms with van der Waals surface area (Å²) in [6.07, 6.45) is 4.20. The molecule has 0 saturated carbocycles. The van der Waals surface area contributed by atoms with E-state index in [1.54, 1.807) is 0 Å². The third kappa shape index (κ3) is 11.4. The summed E-state index contributed by atoms with van der Waals surface area (Å²) in [7, 11) is -0.832. The molecule has 170 valence electrons. The number of halogens is 2. The molecular weight excluding hydrogens is 428 g/mol. The van der Waals surface area contributed by atoms with Crippen LogP contribution in [0.5, 0.6) is 0 Å². The maximum Gasteiger partial charge on any atom is 0.205 e. The molecule has 6 nitrogen and oxygen atoms in total. The SMILES string of the molecule is C=O.C=O.CC.CCCCOPF.Cc1cn(CC2=NCCN2)c2ccc(Cl)cc12. The standard InChI is InChI=1S/C13H14ClN3.C4H10FOP.C2H6.2CH2O/c1-9-7-17(8-13-15-4-5-16-13)12-3-2-10(14)6-11(9)12;1-2-3-4-6-7-5;3*1-2/h2-3,6-7H,4-5,8H2,1H3,(H,15,16);7H,2-4H2,1H3;1-2H3;2*1H2. The lowest BCUT2D eigenvalue weighted by Gasteiger charge is -2.05. The number of nitrogens with zero attached hydrogens (tertiary/aromatic N) is 2. The van der Waals surface area contributed by atoms with Gasteiger partial charge in [0.25, 0.3) is 0 Å². The van der Waals surface area contributed by atoms with Gasteiger partial charge in [-0.3, -0.25) is 4.99 Å². The quantitative estimate of drug-likeness (QED) is 0.452. The molecule has 0 bridgehead atoms. The molecule has 0 fully saturated rings. The second-order valence-electron chi connectivity index (χ2n) is 5.64. The number of unbranched alkanes of at least 4 members (excludes halogenated alkanes) is 1. The number of aryl methyl sites for hydroxylation is 1. The molecule has 2 heterocycles. The fraction of sp³-hybridized carbons (Fsp3) is 0.476. The number of fused-ring (bicyclic) bond motifs is 1. The van der Waals surface area contributed by atoms with Crippen LogP contribution in [0.1, 0.15) is 39.2 Å². The Morgan fingerprint density at radius 3 is 2.50 bits per heavy atom. The van der Waals surface area contributed by atoms with E-state index in [-0.39, 0.29) is 0 Å². The van der Waals surface area contributed by atoms with Crippen molar-refractivity contribution in [3.63, 3.8) is 0 Å². The predicted molar refractivity (Wildman–Crippen MR) is 128 cm³/mol. The zero-order chi connectivity index (χ0) is 23.4. The first-order valence-electron chi connectivity index (χ1n) is 9.73. The average Bonchev–Trinajstić information content (AvgIpc) is 3.41. The number of benzene rings is 1. The van der Waals surface area contributed by atoms with Gasteiger partial charge in [-0.1, -0.05) is 38.8 Å². The van der Waals surface area contributed by atoms with Gasteiger partial charge in [-0.15, -0.1) is 0 Å². The van der Waals surface area contributed by atoms with Gasteiger partial charge < -0.3 is 24.0 Å². The van der Waals surface area contributed by atoms with Crippen LogP contribution >= 0.6 is 20.7 Å². The molecule has 0 spiro atoms. The van der Waals surface area contributed by atoms with E-state index in [0.717, 1.165) is 43.3 Å². The number of carbonyl (C=O) groups excluding carboxylic acids is 2. The highest BCUT2D eigenvalue weighted by atomic mass is 35.5. The molecule has 0 amide bonds. The van der Waals surface area contributed by atoms with E-state index >= 15 is 0 Å². The van der Waals surface area contributed by atoms with Crippen molar-refractivity contribution in [3.8, 4) is 0 Å². The predicted octanol–water partition coefficient (Wildman–Crippen LogP) is 5.54. The summed E-state index contributed by atoms with van der Waals surface area (Å²) in [5.41, 5.74) is 2.46. The first-order valence-corrected chi connectivity index (χ1v) is 10.9. The van der Waals surface area contributed by atoms with Crippen LogP contribution in [0, 0.1) is 6.92 Å². The topological polar surface area (TPSA) is 72.7 Å². The monoisotopic (exact) mass is 461 g/mol. The highest BCUT2D eigenvalue weighted by Gasteiger charge is 2.10. The van der Waals surface area contributed by atoms with Gasteiger partial charge >= 0.3 is 0 Å².